The quantitative estimate of drug-likeness (QED) is 0.353. The minimum atomic E-state index is -4.94. The molecule has 0 aliphatic carbocycles. The Kier molecular flexibility index (Phi) is 8.37. The number of ether oxygens (including phenoxy) is 1. The second kappa shape index (κ2) is 10.7. The third kappa shape index (κ3) is 5.66. The summed E-state index contributed by atoms with van der Waals surface area (Å²) in [6.45, 7) is 2.80. The molecule has 0 fully saturated rings. The fourth-order valence-corrected chi connectivity index (χ4v) is 6.48. The van der Waals surface area contributed by atoms with Crippen LogP contribution in [-0.2, 0) is 33.2 Å². The molecule has 3 rings (SSSR count). The fraction of sp³-hybridized carbons (Fsp3) is 0.286. The molecule has 200 valence electrons. The lowest BCUT2D eigenvalue weighted by Crippen LogP contribution is -2.29. The lowest BCUT2D eigenvalue weighted by atomic mass is 10.0. The summed E-state index contributed by atoms with van der Waals surface area (Å²) in [5.74, 6) is -3.36. The molecule has 1 aromatic carbocycles. The molecule has 0 atom stereocenters. The van der Waals surface area contributed by atoms with Crippen molar-refractivity contribution in [1.29, 1.82) is 0 Å². The number of nitrogens with zero attached hydrogens (tertiary/aromatic N) is 3. The van der Waals surface area contributed by atoms with Gasteiger partial charge in [-0.3, -0.25) is 4.79 Å². The molecule has 0 spiro atoms. The van der Waals surface area contributed by atoms with Gasteiger partial charge in [-0.15, -0.1) is 0 Å². The van der Waals surface area contributed by atoms with Crippen LogP contribution in [0.15, 0.2) is 38.6 Å². The van der Waals surface area contributed by atoms with E-state index in [1.807, 2.05) is 0 Å². The molecule has 2 aromatic heterocycles. The lowest BCUT2D eigenvalue weighted by molar-refractivity contribution is -0.141. The van der Waals surface area contributed by atoms with Crippen LogP contribution in [0.4, 0.5) is 13.2 Å². The maximum absolute atomic E-state index is 13.5. The van der Waals surface area contributed by atoms with Crippen LogP contribution in [0.3, 0.4) is 0 Å². The van der Waals surface area contributed by atoms with Crippen LogP contribution >= 0.6 is 39.1 Å². The zero-order valence-electron chi connectivity index (χ0n) is 18.9. The average Bonchev–Trinajstić information content (AvgIpc) is 3.16. The summed E-state index contributed by atoms with van der Waals surface area (Å²) in [5.41, 5.74) is -3.10. The summed E-state index contributed by atoms with van der Waals surface area (Å²) in [4.78, 5) is 26.1. The summed E-state index contributed by atoms with van der Waals surface area (Å²) in [6, 6.07) is 4.35. The van der Waals surface area contributed by atoms with Gasteiger partial charge >= 0.3 is 12.1 Å². The van der Waals surface area contributed by atoms with Crippen molar-refractivity contribution in [3.63, 3.8) is 0 Å². The minimum Gasteiger partial charge on any atom is -0.493 e. The highest BCUT2D eigenvalue weighted by Crippen LogP contribution is 2.35. The molecule has 0 aliphatic heterocycles. The van der Waals surface area contributed by atoms with E-state index < -0.39 is 59.9 Å². The van der Waals surface area contributed by atoms with Gasteiger partial charge < -0.3 is 14.4 Å². The van der Waals surface area contributed by atoms with E-state index in [4.69, 9.17) is 27.9 Å². The Labute approximate surface area is 226 Å². The van der Waals surface area contributed by atoms with E-state index in [2.05, 4.69) is 21.0 Å². The second-order valence-electron chi connectivity index (χ2n) is 7.39. The van der Waals surface area contributed by atoms with Gasteiger partial charge in [-0.1, -0.05) is 29.3 Å². The fourth-order valence-electron chi connectivity index (χ4n) is 3.47. The zero-order chi connectivity index (χ0) is 27.9. The number of pyridine rings is 1. The molecular formula is C21H17BrCl2F3N3O6S. The zero-order valence-corrected chi connectivity index (χ0v) is 22.9. The number of benzene rings is 1. The number of aromatic hydroxyl groups is 1. The van der Waals surface area contributed by atoms with Gasteiger partial charge in [-0.25, -0.2) is 17.9 Å². The van der Waals surface area contributed by atoms with E-state index in [-0.39, 0.29) is 45.2 Å². The number of sulfone groups is 1. The Morgan fingerprint density at radius 3 is 2.35 bits per heavy atom. The summed E-state index contributed by atoms with van der Waals surface area (Å²) >= 11 is 15.0. The highest BCUT2D eigenvalue weighted by atomic mass is 79.9. The average molecular weight is 647 g/mol. The van der Waals surface area contributed by atoms with Crippen LogP contribution < -0.4 is 5.43 Å². The number of esters is 1. The molecule has 0 aliphatic rings. The first-order chi connectivity index (χ1) is 17.1. The molecule has 37 heavy (non-hydrogen) atoms. The molecule has 3 aromatic rings. The van der Waals surface area contributed by atoms with Gasteiger partial charge in [0.25, 0.3) is 0 Å². The molecule has 9 nitrogen and oxygen atoms in total. The van der Waals surface area contributed by atoms with Crippen molar-refractivity contribution in [2.24, 2.45) is 0 Å². The van der Waals surface area contributed by atoms with E-state index in [1.54, 1.807) is 0 Å². The first-order valence-electron chi connectivity index (χ1n) is 10.3. The van der Waals surface area contributed by atoms with E-state index >= 15 is 0 Å². The van der Waals surface area contributed by atoms with Gasteiger partial charge in [0.15, 0.2) is 16.6 Å². The van der Waals surface area contributed by atoms with Crippen LogP contribution in [0.2, 0.25) is 10.0 Å². The number of hydrogen-bond acceptors (Lipinski definition) is 7. The van der Waals surface area contributed by atoms with Crippen molar-refractivity contribution in [2.45, 2.75) is 37.5 Å². The molecule has 0 radical (unpaired) electrons. The van der Waals surface area contributed by atoms with Gasteiger partial charge in [0.2, 0.25) is 21.1 Å². The smallest absolute Gasteiger partial charge is 0.435 e. The van der Waals surface area contributed by atoms with Crippen molar-refractivity contribution in [3.05, 3.63) is 60.3 Å². The normalized spacial score (nSPS) is 12.1. The molecule has 0 bridgehead atoms. The number of carbonyl (C=O) groups is 1. The lowest BCUT2D eigenvalue weighted by Gasteiger charge is -2.22. The van der Waals surface area contributed by atoms with Crippen molar-refractivity contribution in [2.75, 3.05) is 6.61 Å². The monoisotopic (exact) mass is 645 g/mol. The van der Waals surface area contributed by atoms with Gasteiger partial charge in [0.05, 0.1) is 22.3 Å². The van der Waals surface area contributed by atoms with Gasteiger partial charge in [-0.05, 0) is 41.9 Å². The summed E-state index contributed by atoms with van der Waals surface area (Å²) in [7, 11) is -4.69. The third-order valence-corrected chi connectivity index (χ3v) is 8.33. The van der Waals surface area contributed by atoms with E-state index in [0.717, 1.165) is 4.57 Å². The Bertz CT molecular complexity index is 1550. The largest absolute Gasteiger partial charge is 0.493 e. The summed E-state index contributed by atoms with van der Waals surface area (Å²) in [6.07, 6.45) is -4.94. The summed E-state index contributed by atoms with van der Waals surface area (Å²) < 4.78 is 71.7. The van der Waals surface area contributed by atoms with Crippen LogP contribution in [0.1, 0.15) is 29.9 Å². The first kappa shape index (κ1) is 29.0. The van der Waals surface area contributed by atoms with Crippen molar-refractivity contribution in [1.82, 2.24) is 14.3 Å². The molecule has 0 unspecified atom stereocenters. The molecular weight excluding hydrogens is 630 g/mol. The molecule has 1 N–H and O–H groups in total. The maximum Gasteiger partial charge on any atom is 0.435 e. The second-order valence-corrected chi connectivity index (χ2v) is 10.9. The Morgan fingerprint density at radius 2 is 1.84 bits per heavy atom. The van der Waals surface area contributed by atoms with E-state index in [9.17, 15) is 36.3 Å². The standard InChI is InChI=1S/C21H17BrCl2F3N3O6S/c1-3-29-17(10-5-6-11(23)12(24)7-10)15(20(33)36-4-2)18(32)16(22)19(29)37(34,35)9-30-14(31)8-13(28-30)21(25,26)27/h5-8,31H,3-4,9H2,1-2H3. The molecule has 0 saturated heterocycles. The molecule has 0 saturated carbocycles. The van der Waals surface area contributed by atoms with Crippen molar-refractivity contribution < 1.29 is 36.2 Å². The van der Waals surface area contributed by atoms with Crippen molar-refractivity contribution in [3.8, 4) is 17.1 Å². The topological polar surface area (TPSA) is 120 Å². The highest BCUT2D eigenvalue weighted by Gasteiger charge is 2.37. The van der Waals surface area contributed by atoms with Gasteiger partial charge in [0, 0.05) is 18.2 Å². The van der Waals surface area contributed by atoms with Crippen LogP contribution in [0, 0.1) is 0 Å². The van der Waals surface area contributed by atoms with Gasteiger partial charge in [0.1, 0.15) is 10.0 Å². The Morgan fingerprint density at radius 1 is 1.19 bits per heavy atom. The van der Waals surface area contributed by atoms with Crippen molar-refractivity contribution >= 4 is 54.9 Å². The minimum absolute atomic E-state index is 0.0394. The van der Waals surface area contributed by atoms with E-state index in [1.165, 1.54) is 32.0 Å². The van der Waals surface area contributed by atoms with E-state index in [0.29, 0.717) is 0 Å². The highest BCUT2D eigenvalue weighted by molar-refractivity contribution is 9.10. The predicted octanol–water partition coefficient (Wildman–Crippen LogP) is 5.13. The number of halogens is 6. The first-order valence-corrected chi connectivity index (χ1v) is 13.5. The maximum atomic E-state index is 13.5. The molecule has 16 heteroatoms. The molecule has 0 amide bonds. The van der Waals surface area contributed by atoms with Crippen LogP contribution in [0.5, 0.6) is 5.88 Å². The van der Waals surface area contributed by atoms with Crippen LogP contribution in [0.25, 0.3) is 11.3 Å². The number of rotatable bonds is 7. The Hall–Kier alpha value is -2.55. The predicted molar refractivity (Wildman–Crippen MR) is 132 cm³/mol. The number of alkyl halides is 3. The SMILES string of the molecule is CCOC(=O)c1c(-c2ccc(Cl)c(Cl)c2)n(CC)c(S(=O)(=O)Cn2nc(C(F)(F)F)cc2O)c(Br)c1=O. The van der Waals surface area contributed by atoms with Crippen LogP contribution in [-0.4, -0.2) is 40.4 Å². The Balaban J connectivity index is 2.36. The number of carbonyl (C=O) groups excluding carboxylic acids is 1. The number of aromatic nitrogens is 3. The van der Waals surface area contributed by atoms with Gasteiger partial charge in [-0.2, -0.15) is 18.3 Å². The summed E-state index contributed by atoms with van der Waals surface area (Å²) in [5, 5.41) is 12.5. The third-order valence-electron chi connectivity index (χ3n) is 4.99. The molecule has 2 heterocycles. The number of hydrogen-bond donors (Lipinski definition) is 1.